The largest absolute Gasteiger partial charge is 0.484 e. The van der Waals surface area contributed by atoms with Crippen molar-refractivity contribution in [2.45, 2.75) is 62.1 Å². The molecule has 1 N–H and O–H groups in total. The Balaban J connectivity index is 1.43. The van der Waals surface area contributed by atoms with Crippen molar-refractivity contribution in [2.75, 3.05) is 6.61 Å². The van der Waals surface area contributed by atoms with E-state index in [1.54, 1.807) is 11.8 Å². The van der Waals surface area contributed by atoms with E-state index in [0.29, 0.717) is 18.1 Å². The van der Waals surface area contributed by atoms with E-state index in [2.05, 4.69) is 31.2 Å². The normalized spacial score (nSPS) is 22.6. The Labute approximate surface area is 241 Å². The topological polar surface area (TPSA) is 57.2 Å². The summed E-state index contributed by atoms with van der Waals surface area (Å²) in [5, 5.41) is 11.6. The Bertz CT molecular complexity index is 1330. The van der Waals surface area contributed by atoms with Crippen molar-refractivity contribution >= 4 is 11.8 Å². The summed E-state index contributed by atoms with van der Waals surface area (Å²) in [6.07, 6.45) is -2.90. The summed E-state index contributed by atoms with van der Waals surface area (Å²) < 4.78 is 25.6. The zero-order valence-electron chi connectivity index (χ0n) is 23.1. The third-order valence-corrected chi connectivity index (χ3v) is 8.03. The second-order valence-corrected chi connectivity index (χ2v) is 11.4. The average Bonchev–Trinajstić information content (AvgIpc) is 2.96. The van der Waals surface area contributed by atoms with E-state index in [1.807, 2.05) is 92.7 Å². The van der Waals surface area contributed by atoms with Gasteiger partial charge in [0.2, 0.25) is 0 Å². The molecular weight excluding hydrogens is 520 g/mol. The molecule has 0 aliphatic carbocycles. The molecule has 0 radical (unpaired) electrons. The molecule has 0 unspecified atom stereocenters. The van der Waals surface area contributed by atoms with Gasteiger partial charge in [0.25, 0.3) is 0 Å². The van der Waals surface area contributed by atoms with E-state index < -0.39 is 29.9 Å². The maximum absolute atomic E-state index is 11.6. The molecule has 40 heavy (non-hydrogen) atoms. The SMILES string of the molecule is Cc1ccc(O[C@@H]2[C@@H](Oc3ccc(C)cc3)[C@H](O)[C@@H](COCc3ccccc3)O[C@H]2Sc2ccc(C)cc2)cc1. The average molecular weight is 557 g/mol. The Kier molecular flexibility index (Phi) is 9.45. The van der Waals surface area contributed by atoms with Gasteiger partial charge in [0.05, 0.1) is 13.2 Å². The predicted molar refractivity (Wildman–Crippen MR) is 159 cm³/mol. The van der Waals surface area contributed by atoms with Crippen LogP contribution in [0.1, 0.15) is 22.3 Å². The number of rotatable bonds is 10. The van der Waals surface area contributed by atoms with Crippen molar-refractivity contribution in [2.24, 2.45) is 0 Å². The molecular formula is C34H36O5S. The van der Waals surface area contributed by atoms with Gasteiger partial charge >= 0.3 is 0 Å². The van der Waals surface area contributed by atoms with E-state index in [-0.39, 0.29) is 6.61 Å². The third kappa shape index (κ3) is 7.46. The van der Waals surface area contributed by atoms with E-state index in [0.717, 1.165) is 21.6 Å². The van der Waals surface area contributed by atoms with Crippen LogP contribution in [0.15, 0.2) is 108 Å². The molecule has 0 aromatic heterocycles. The highest BCUT2D eigenvalue weighted by Crippen LogP contribution is 2.37. The predicted octanol–water partition coefficient (Wildman–Crippen LogP) is 6.90. The molecule has 1 heterocycles. The molecule has 1 saturated heterocycles. The van der Waals surface area contributed by atoms with Gasteiger partial charge in [0.1, 0.15) is 29.1 Å². The minimum Gasteiger partial charge on any atom is -0.484 e. The molecule has 0 amide bonds. The van der Waals surface area contributed by atoms with Gasteiger partial charge in [-0.05, 0) is 62.7 Å². The van der Waals surface area contributed by atoms with Crippen LogP contribution in [0.4, 0.5) is 0 Å². The molecule has 0 bridgehead atoms. The number of thioether (sulfide) groups is 1. The Morgan fingerprint density at radius 3 is 1.77 bits per heavy atom. The number of aryl methyl sites for hydroxylation is 3. The standard InChI is InChI=1S/C34H36O5S/c1-23-9-15-27(16-10-23)37-32-31(35)30(22-36-21-26-7-5-4-6-8-26)39-34(40-29-19-13-25(3)14-20-29)33(32)38-28-17-11-24(2)12-18-28/h4-20,30-35H,21-22H2,1-3H3/t30-,31-,32+,33-,34+/m1/s1. The van der Waals surface area contributed by atoms with E-state index in [1.165, 1.54) is 5.56 Å². The monoisotopic (exact) mass is 556 g/mol. The fourth-order valence-corrected chi connectivity index (χ4v) is 5.65. The van der Waals surface area contributed by atoms with Gasteiger partial charge in [-0.1, -0.05) is 95.2 Å². The number of hydrogen-bond donors (Lipinski definition) is 1. The van der Waals surface area contributed by atoms with E-state index >= 15 is 0 Å². The molecule has 208 valence electrons. The van der Waals surface area contributed by atoms with Crippen LogP contribution in [0.25, 0.3) is 0 Å². The molecule has 4 aromatic rings. The van der Waals surface area contributed by atoms with Crippen LogP contribution in [0.3, 0.4) is 0 Å². The molecule has 1 aliphatic heterocycles. The second kappa shape index (κ2) is 13.4. The molecule has 1 fully saturated rings. The van der Waals surface area contributed by atoms with Crippen molar-refractivity contribution in [3.63, 3.8) is 0 Å². The van der Waals surface area contributed by atoms with Crippen LogP contribution in [-0.4, -0.2) is 41.6 Å². The van der Waals surface area contributed by atoms with Crippen LogP contribution in [-0.2, 0) is 16.1 Å². The van der Waals surface area contributed by atoms with E-state index in [4.69, 9.17) is 18.9 Å². The highest BCUT2D eigenvalue weighted by Gasteiger charge is 2.49. The number of aliphatic hydroxyl groups excluding tert-OH is 1. The van der Waals surface area contributed by atoms with Crippen LogP contribution in [0, 0.1) is 20.8 Å². The fraction of sp³-hybridized carbons (Fsp3) is 0.294. The Morgan fingerprint density at radius 2 is 1.20 bits per heavy atom. The summed E-state index contributed by atoms with van der Waals surface area (Å²) in [5.41, 5.74) is 4.05. The van der Waals surface area contributed by atoms with Crippen LogP contribution < -0.4 is 9.47 Å². The van der Waals surface area contributed by atoms with Crippen LogP contribution in [0.2, 0.25) is 0 Å². The van der Waals surface area contributed by atoms with Crippen molar-refractivity contribution < 1.29 is 24.1 Å². The molecule has 0 saturated carbocycles. The second-order valence-electron chi connectivity index (χ2n) is 10.3. The Hall–Kier alpha value is -3.29. The minimum atomic E-state index is -0.984. The quantitative estimate of drug-likeness (QED) is 0.229. The zero-order valence-corrected chi connectivity index (χ0v) is 23.9. The lowest BCUT2D eigenvalue weighted by molar-refractivity contribution is -0.197. The van der Waals surface area contributed by atoms with Crippen molar-refractivity contribution in [1.29, 1.82) is 0 Å². The molecule has 5 atom stereocenters. The van der Waals surface area contributed by atoms with Crippen LogP contribution in [0.5, 0.6) is 11.5 Å². The molecule has 5 nitrogen and oxygen atoms in total. The van der Waals surface area contributed by atoms with Crippen molar-refractivity contribution in [3.8, 4) is 11.5 Å². The van der Waals surface area contributed by atoms with Gasteiger partial charge in [0.15, 0.2) is 12.2 Å². The van der Waals surface area contributed by atoms with Crippen LogP contribution >= 0.6 is 11.8 Å². The lowest BCUT2D eigenvalue weighted by Crippen LogP contribution is -2.61. The molecule has 1 aliphatic rings. The first kappa shape index (κ1) is 28.2. The molecule has 4 aromatic carbocycles. The summed E-state index contributed by atoms with van der Waals surface area (Å²) in [4.78, 5) is 1.04. The zero-order chi connectivity index (χ0) is 27.9. The Morgan fingerprint density at radius 1 is 0.675 bits per heavy atom. The third-order valence-electron chi connectivity index (χ3n) is 6.87. The van der Waals surface area contributed by atoms with Gasteiger partial charge in [-0.15, -0.1) is 0 Å². The number of benzene rings is 4. The highest BCUT2D eigenvalue weighted by molar-refractivity contribution is 7.99. The molecule has 6 heteroatoms. The summed E-state index contributed by atoms with van der Waals surface area (Å²) >= 11 is 1.56. The number of ether oxygens (including phenoxy) is 4. The summed E-state index contributed by atoms with van der Waals surface area (Å²) in [6.45, 7) is 6.78. The lowest BCUT2D eigenvalue weighted by Gasteiger charge is -2.44. The van der Waals surface area contributed by atoms with Gasteiger partial charge in [-0.2, -0.15) is 0 Å². The molecule has 0 spiro atoms. The maximum atomic E-state index is 11.6. The van der Waals surface area contributed by atoms with Gasteiger partial charge in [0, 0.05) is 4.90 Å². The molecule has 5 rings (SSSR count). The first-order valence-corrected chi connectivity index (χ1v) is 14.5. The highest BCUT2D eigenvalue weighted by atomic mass is 32.2. The van der Waals surface area contributed by atoms with Gasteiger partial charge in [-0.3, -0.25) is 0 Å². The minimum absolute atomic E-state index is 0.214. The summed E-state index contributed by atoms with van der Waals surface area (Å²) in [7, 11) is 0. The van der Waals surface area contributed by atoms with Gasteiger partial charge < -0.3 is 24.1 Å². The number of aliphatic hydroxyl groups is 1. The van der Waals surface area contributed by atoms with Crippen molar-refractivity contribution in [1.82, 2.24) is 0 Å². The summed E-state index contributed by atoms with van der Waals surface area (Å²) in [5.74, 6) is 1.36. The van der Waals surface area contributed by atoms with Crippen molar-refractivity contribution in [3.05, 3.63) is 125 Å². The fourth-order valence-electron chi connectivity index (χ4n) is 4.55. The van der Waals surface area contributed by atoms with Gasteiger partial charge in [-0.25, -0.2) is 0 Å². The lowest BCUT2D eigenvalue weighted by atomic mass is 9.99. The first-order chi connectivity index (χ1) is 19.4. The first-order valence-electron chi connectivity index (χ1n) is 13.6. The number of hydrogen-bond acceptors (Lipinski definition) is 6. The van der Waals surface area contributed by atoms with E-state index in [9.17, 15) is 5.11 Å². The smallest absolute Gasteiger partial charge is 0.174 e. The summed E-state index contributed by atoms with van der Waals surface area (Å²) in [6, 6.07) is 34.0. The maximum Gasteiger partial charge on any atom is 0.174 e.